The average Bonchev–Trinajstić information content (AvgIpc) is 1.59. The molecule has 21 aromatic rings. The van der Waals surface area contributed by atoms with Crippen molar-refractivity contribution in [1.82, 2.24) is 0 Å². The van der Waals surface area contributed by atoms with Gasteiger partial charge in [0.05, 0.1) is 0 Å². The van der Waals surface area contributed by atoms with Gasteiger partial charge in [0.15, 0.2) is 0 Å². The van der Waals surface area contributed by atoms with Crippen molar-refractivity contribution in [3.63, 3.8) is 0 Å². The summed E-state index contributed by atoms with van der Waals surface area (Å²) in [7, 11) is 0. The zero-order valence-corrected chi connectivity index (χ0v) is 71.1. The topological polar surface area (TPSA) is 9.72 Å². The molecule has 0 amide bonds. The molecule has 0 saturated heterocycles. The average molecular weight is 1600 g/mol. The van der Waals surface area contributed by atoms with Gasteiger partial charge in [-0.25, -0.2) is 0 Å². The highest BCUT2D eigenvalue weighted by Crippen LogP contribution is 2.54. The van der Waals surface area contributed by atoms with Gasteiger partial charge in [-0.3, -0.25) is 0 Å². The van der Waals surface area contributed by atoms with Gasteiger partial charge >= 0.3 is 0 Å². The maximum Gasteiger partial charge on any atom is 0.0468 e. The molecule has 0 aliphatic heterocycles. The van der Waals surface area contributed by atoms with E-state index in [9.17, 15) is 0 Å². The molecule has 0 bridgehead atoms. The minimum atomic E-state index is -0.0651. The van der Waals surface area contributed by atoms with Gasteiger partial charge in [-0.15, -0.1) is 0 Å². The van der Waals surface area contributed by atoms with Crippen LogP contribution in [0.3, 0.4) is 0 Å². The van der Waals surface area contributed by atoms with E-state index in [0.717, 1.165) is 39.8 Å². The lowest BCUT2D eigenvalue weighted by Gasteiger charge is -2.28. The summed E-state index contributed by atoms with van der Waals surface area (Å²) in [6.45, 7) is 13.7. The number of aryl methyl sites for hydroxylation is 2. The lowest BCUT2D eigenvalue weighted by molar-refractivity contribution is 0.660. The number of benzene rings is 21. The second-order valence-electron chi connectivity index (χ2n) is 34.5. The van der Waals surface area contributed by atoms with Gasteiger partial charge in [0, 0.05) is 62.0 Å². The van der Waals surface area contributed by atoms with Crippen LogP contribution in [-0.4, -0.2) is 0 Å². The van der Waals surface area contributed by atoms with Gasteiger partial charge < -0.3 is 14.7 Å². The Kier molecular flexibility index (Phi) is 19.8. The van der Waals surface area contributed by atoms with Gasteiger partial charge in [0.2, 0.25) is 0 Å². The summed E-state index contributed by atoms with van der Waals surface area (Å²) < 4.78 is 0. The van der Waals surface area contributed by atoms with E-state index < -0.39 is 0 Å². The van der Waals surface area contributed by atoms with Crippen molar-refractivity contribution in [1.29, 1.82) is 0 Å². The van der Waals surface area contributed by atoms with Crippen LogP contribution in [0.25, 0.3) is 131 Å². The molecule has 21 aromatic carbocycles. The van der Waals surface area contributed by atoms with E-state index in [1.54, 1.807) is 0 Å². The minimum Gasteiger partial charge on any atom is -0.310 e. The fourth-order valence-corrected chi connectivity index (χ4v) is 19.4. The SMILES string of the molecule is CC1(C)c2ccccc2-c2ccc(N(c3ccc(-c4ccccc4)cc3)c3ccc4c(ccc5ccccc54)c3)cc21.CC1(C)c2ccccc2-c2ccc(N(c3ccc(-c4ccccc4)cc3)c3ccc4ccc5ccccc5c4c3)cc21.Cc1ccc(-c2ccc(N(c3ccc(-c4ccccc4)cc3)c3ccc4ccc5ccccc5c4c3)cc2)cc1C. The Balaban J connectivity index is 0.000000115. The van der Waals surface area contributed by atoms with Crippen LogP contribution in [0.1, 0.15) is 61.1 Å². The van der Waals surface area contributed by atoms with Crippen LogP contribution in [0.2, 0.25) is 0 Å². The normalized spacial score (nSPS) is 12.5. The molecule has 0 atom stereocenters. The van der Waals surface area contributed by atoms with Crippen molar-refractivity contribution >= 4 is 116 Å². The van der Waals surface area contributed by atoms with Crippen LogP contribution in [-0.2, 0) is 10.8 Å². The minimum absolute atomic E-state index is 0.0624. The summed E-state index contributed by atoms with van der Waals surface area (Å²) >= 11 is 0. The predicted molar refractivity (Wildman–Crippen MR) is 535 cm³/mol. The largest absolute Gasteiger partial charge is 0.310 e. The van der Waals surface area contributed by atoms with E-state index in [1.807, 2.05) is 0 Å². The summed E-state index contributed by atoms with van der Waals surface area (Å²) in [6, 6.07) is 166. The number of anilines is 9. The first-order valence-electron chi connectivity index (χ1n) is 43.6. The highest BCUT2D eigenvalue weighted by molar-refractivity contribution is 6.12. The Labute approximate surface area is 733 Å². The molecule has 0 unspecified atom stereocenters. The van der Waals surface area contributed by atoms with Gasteiger partial charge in [-0.05, 0) is 288 Å². The third kappa shape index (κ3) is 14.4. The Morgan fingerprint density at radius 3 is 0.808 bits per heavy atom. The van der Waals surface area contributed by atoms with E-state index in [0.29, 0.717) is 0 Å². The summed E-state index contributed by atoms with van der Waals surface area (Å²) in [5, 5.41) is 15.2. The number of hydrogen-bond acceptors (Lipinski definition) is 3. The van der Waals surface area contributed by atoms with Crippen molar-refractivity contribution in [2.24, 2.45) is 0 Å². The van der Waals surface area contributed by atoms with Gasteiger partial charge in [-0.2, -0.15) is 0 Å². The monoisotopic (exact) mass is 1600 g/mol. The number of nitrogens with zero attached hydrogens (tertiary/aromatic N) is 3. The molecule has 0 spiro atoms. The Hall–Kier alpha value is -15.4. The molecule has 2 aliphatic rings. The van der Waals surface area contributed by atoms with E-state index in [4.69, 9.17) is 0 Å². The molecule has 125 heavy (non-hydrogen) atoms. The molecule has 2 aliphatic carbocycles. The highest BCUT2D eigenvalue weighted by Gasteiger charge is 2.38. The van der Waals surface area contributed by atoms with E-state index >= 15 is 0 Å². The summed E-state index contributed by atoms with van der Waals surface area (Å²) in [4.78, 5) is 7.18. The quantitative estimate of drug-likeness (QED) is 0.107. The summed E-state index contributed by atoms with van der Waals surface area (Å²) in [5.74, 6) is 0. The zero-order chi connectivity index (χ0) is 84.3. The maximum absolute atomic E-state index is 2.41. The van der Waals surface area contributed by atoms with Crippen molar-refractivity contribution in [3.8, 4) is 66.8 Å². The molecular formula is C122H93N3. The van der Waals surface area contributed by atoms with Crippen molar-refractivity contribution < 1.29 is 0 Å². The third-order valence-electron chi connectivity index (χ3n) is 26.3. The molecule has 0 N–H and O–H groups in total. The molecule has 23 rings (SSSR count). The van der Waals surface area contributed by atoms with Crippen LogP contribution in [0.5, 0.6) is 0 Å². The highest BCUT2D eigenvalue weighted by atomic mass is 15.2. The fourth-order valence-electron chi connectivity index (χ4n) is 19.4. The standard InChI is InChI=1S/2C41H31N.C40H31N/c1-41(2)39-15-9-8-14-36(39)37-25-24-34(27-40(37)41)42(32-21-18-29(19-22-32)28-10-4-3-5-11-28)33-23-20-31-17-16-30-12-6-7-13-35(30)38(31)26-33;1-41(2)39-15-9-8-14-37(39)38-25-23-34(27-40(38)41)42(32-20-18-29(19-21-32)28-10-4-3-5-11-28)33-22-24-36-31(26-33)17-16-30-12-6-7-13-35(30)36;1-28-12-13-35(26-29(28)2)32-18-23-37(24-19-32)41(36-21-16-31(17-22-36)30-8-4-3-5-9-30)38-25-20-34-15-14-33-10-6-7-11-39(33)40(34)27-38/h2*3-27H,1-2H3;3-27H,1-2H3. The van der Waals surface area contributed by atoms with Crippen molar-refractivity contribution in [3.05, 3.63) is 488 Å². The molecular weight excluding hydrogens is 1510 g/mol. The lowest BCUT2D eigenvalue weighted by Crippen LogP contribution is -2.16. The first kappa shape index (κ1) is 76.9. The van der Waals surface area contributed by atoms with Crippen LogP contribution < -0.4 is 14.7 Å². The van der Waals surface area contributed by atoms with Crippen LogP contribution in [0.15, 0.2) is 455 Å². The lowest BCUT2D eigenvalue weighted by atomic mass is 9.82. The van der Waals surface area contributed by atoms with E-state index in [-0.39, 0.29) is 10.8 Å². The maximum atomic E-state index is 2.41. The van der Waals surface area contributed by atoms with Crippen LogP contribution in [0.4, 0.5) is 51.2 Å². The number of fused-ring (bicyclic) bond motifs is 15. The molecule has 596 valence electrons. The summed E-state index contributed by atoms with van der Waals surface area (Å²) in [5.41, 5.74) is 33.5. The predicted octanol–water partition coefficient (Wildman–Crippen LogP) is 34.3. The third-order valence-corrected chi connectivity index (χ3v) is 26.3. The van der Waals surface area contributed by atoms with E-state index in [2.05, 4.69) is 511 Å². The fraction of sp³-hybridized carbons (Fsp3) is 0.0656. The van der Waals surface area contributed by atoms with Crippen molar-refractivity contribution in [2.75, 3.05) is 14.7 Å². The molecule has 3 nitrogen and oxygen atoms in total. The molecule has 3 heteroatoms. The van der Waals surface area contributed by atoms with Gasteiger partial charge in [-0.1, -0.05) is 373 Å². The van der Waals surface area contributed by atoms with Gasteiger partial charge in [0.1, 0.15) is 0 Å². The second-order valence-corrected chi connectivity index (χ2v) is 34.5. The first-order valence-corrected chi connectivity index (χ1v) is 43.6. The molecule has 0 aromatic heterocycles. The van der Waals surface area contributed by atoms with Crippen LogP contribution in [0, 0.1) is 13.8 Å². The number of rotatable bonds is 13. The van der Waals surface area contributed by atoms with Gasteiger partial charge in [0.25, 0.3) is 0 Å². The first-order chi connectivity index (χ1) is 61.3. The Morgan fingerprint density at radius 1 is 0.152 bits per heavy atom. The second kappa shape index (κ2) is 32.2. The van der Waals surface area contributed by atoms with Crippen molar-refractivity contribution in [2.45, 2.75) is 52.4 Å². The molecule has 0 fully saturated rings. The van der Waals surface area contributed by atoms with Crippen LogP contribution >= 0.6 is 0 Å². The Morgan fingerprint density at radius 2 is 0.408 bits per heavy atom. The molecule has 0 heterocycles. The molecule has 0 saturated carbocycles. The smallest absolute Gasteiger partial charge is 0.0468 e. The molecule has 0 radical (unpaired) electrons. The zero-order valence-electron chi connectivity index (χ0n) is 71.1. The summed E-state index contributed by atoms with van der Waals surface area (Å²) in [6.07, 6.45) is 0. The van der Waals surface area contributed by atoms with E-state index in [1.165, 1.54) is 176 Å². The Bertz CT molecular complexity index is 7640. The number of hydrogen-bond donors (Lipinski definition) is 0.